The monoisotopic (exact) mass is 451 g/mol. The first-order valence-corrected chi connectivity index (χ1v) is 10.4. The number of nitrogens with one attached hydrogen (secondary N) is 2. The van der Waals surface area contributed by atoms with Gasteiger partial charge in [-0.25, -0.2) is 4.39 Å². The lowest BCUT2D eigenvalue weighted by molar-refractivity contribution is 0.393. The maximum atomic E-state index is 13.3. The summed E-state index contributed by atoms with van der Waals surface area (Å²) in [7, 11) is 1.58. The van der Waals surface area contributed by atoms with Gasteiger partial charge < -0.3 is 24.4 Å². The van der Waals surface area contributed by atoms with Crippen LogP contribution in [0.2, 0.25) is 0 Å². The van der Waals surface area contributed by atoms with E-state index in [0.29, 0.717) is 35.0 Å². The number of hydrogen-bond acceptors (Lipinski definition) is 4. The van der Waals surface area contributed by atoms with E-state index in [0.717, 1.165) is 16.7 Å². The summed E-state index contributed by atoms with van der Waals surface area (Å²) in [6.45, 7) is 1.10. The first-order chi connectivity index (χ1) is 15.5. The Morgan fingerprint density at radius 1 is 1.16 bits per heavy atom. The fraction of sp³-hybridized carbons (Fsp3) is 0.167. The molecule has 32 heavy (non-hydrogen) atoms. The molecule has 0 amide bonds. The number of benzene rings is 2. The zero-order valence-corrected chi connectivity index (χ0v) is 18.2. The second-order valence-electron chi connectivity index (χ2n) is 7.30. The summed E-state index contributed by atoms with van der Waals surface area (Å²) in [6.07, 6.45) is 1.60. The average molecular weight is 452 g/mol. The van der Waals surface area contributed by atoms with Gasteiger partial charge in [-0.2, -0.15) is 0 Å². The number of rotatable bonds is 7. The van der Waals surface area contributed by atoms with E-state index in [2.05, 4.69) is 10.3 Å². The number of ether oxygens (including phenoxy) is 1. The van der Waals surface area contributed by atoms with Gasteiger partial charge in [-0.1, -0.05) is 12.1 Å². The molecule has 2 heterocycles. The zero-order valence-electron chi connectivity index (χ0n) is 17.4. The van der Waals surface area contributed by atoms with Crippen LogP contribution in [0.1, 0.15) is 16.9 Å². The molecule has 0 fully saturated rings. The topological polar surface area (TPSA) is 70.5 Å². The van der Waals surface area contributed by atoms with Gasteiger partial charge in [0.1, 0.15) is 17.3 Å². The minimum absolute atomic E-state index is 0.205. The highest BCUT2D eigenvalue weighted by Crippen LogP contribution is 2.19. The molecule has 0 aliphatic heterocycles. The number of aromatic nitrogens is 1. The third kappa shape index (κ3) is 5.15. The lowest BCUT2D eigenvalue weighted by Gasteiger charge is -2.26. The Bertz CT molecular complexity index is 1270. The average Bonchev–Trinajstić information content (AvgIpc) is 3.32. The number of furan rings is 1. The molecule has 0 unspecified atom stereocenters. The highest BCUT2D eigenvalue weighted by Gasteiger charge is 2.15. The summed E-state index contributed by atoms with van der Waals surface area (Å²) in [5.41, 5.74) is 1.92. The Hall–Kier alpha value is -3.65. The van der Waals surface area contributed by atoms with Crippen LogP contribution >= 0.6 is 12.2 Å². The number of thiocarbonyl (C=S) groups is 1. The van der Waals surface area contributed by atoms with Crippen molar-refractivity contribution in [3.05, 3.63) is 100.0 Å². The lowest BCUT2D eigenvalue weighted by atomic mass is 10.1. The van der Waals surface area contributed by atoms with E-state index < -0.39 is 0 Å². The molecule has 0 saturated heterocycles. The first kappa shape index (κ1) is 21.6. The predicted octanol–water partition coefficient (Wildman–Crippen LogP) is 4.35. The molecular weight excluding hydrogens is 429 g/mol. The first-order valence-electron chi connectivity index (χ1n) is 10.0. The van der Waals surface area contributed by atoms with E-state index in [-0.39, 0.29) is 17.9 Å². The highest BCUT2D eigenvalue weighted by molar-refractivity contribution is 7.80. The van der Waals surface area contributed by atoms with Crippen LogP contribution < -0.4 is 15.6 Å². The van der Waals surface area contributed by atoms with Crippen LogP contribution in [0.3, 0.4) is 0 Å². The number of halogens is 1. The number of methoxy groups -OCH3 is 1. The second-order valence-corrected chi connectivity index (χ2v) is 7.68. The molecule has 2 aromatic carbocycles. The van der Waals surface area contributed by atoms with Crippen LogP contribution in [0.4, 0.5) is 4.39 Å². The van der Waals surface area contributed by atoms with Gasteiger partial charge in [-0.3, -0.25) is 4.79 Å². The third-order valence-electron chi connectivity index (χ3n) is 5.06. The summed E-state index contributed by atoms with van der Waals surface area (Å²) < 4.78 is 23.9. The van der Waals surface area contributed by atoms with Crippen molar-refractivity contribution < 1.29 is 13.5 Å². The molecule has 0 radical (unpaired) electrons. The maximum absolute atomic E-state index is 13.3. The fourth-order valence-corrected chi connectivity index (χ4v) is 3.57. The third-order valence-corrected chi connectivity index (χ3v) is 5.46. The SMILES string of the molecule is COc1ccc2cc(CN(Cc3ccc(F)cc3)C(=S)NCc3ccco3)c(=O)[nH]c2c1. The molecule has 0 saturated carbocycles. The van der Waals surface area contributed by atoms with Crippen molar-refractivity contribution in [2.24, 2.45) is 0 Å². The van der Waals surface area contributed by atoms with Gasteiger partial charge in [0.05, 0.1) is 32.0 Å². The molecule has 8 heteroatoms. The summed E-state index contributed by atoms with van der Waals surface area (Å²) in [5.74, 6) is 1.11. The molecule has 2 N–H and O–H groups in total. The maximum Gasteiger partial charge on any atom is 0.253 e. The van der Waals surface area contributed by atoms with Crippen molar-refractivity contribution in [2.45, 2.75) is 19.6 Å². The quantitative estimate of drug-likeness (QED) is 0.407. The number of nitrogens with zero attached hydrogens (tertiary/aromatic N) is 1. The Morgan fingerprint density at radius 2 is 1.97 bits per heavy atom. The summed E-state index contributed by atoms with van der Waals surface area (Å²) >= 11 is 5.61. The largest absolute Gasteiger partial charge is 0.497 e. The van der Waals surface area contributed by atoms with Gasteiger partial charge >= 0.3 is 0 Å². The van der Waals surface area contributed by atoms with E-state index >= 15 is 0 Å². The Labute approximate surface area is 189 Å². The molecule has 0 aliphatic rings. The highest BCUT2D eigenvalue weighted by atomic mass is 32.1. The molecule has 0 aliphatic carbocycles. The smallest absolute Gasteiger partial charge is 0.253 e. The van der Waals surface area contributed by atoms with Crippen molar-refractivity contribution in [1.29, 1.82) is 0 Å². The predicted molar refractivity (Wildman–Crippen MR) is 125 cm³/mol. The molecule has 2 aromatic heterocycles. The summed E-state index contributed by atoms with van der Waals surface area (Å²) in [5, 5.41) is 4.51. The van der Waals surface area contributed by atoms with Crippen LogP contribution in [-0.2, 0) is 19.6 Å². The van der Waals surface area contributed by atoms with E-state index in [4.69, 9.17) is 21.4 Å². The molecule has 164 valence electrons. The van der Waals surface area contributed by atoms with Gasteiger partial charge in [0.2, 0.25) is 0 Å². The van der Waals surface area contributed by atoms with Gasteiger partial charge in [0.25, 0.3) is 5.56 Å². The minimum Gasteiger partial charge on any atom is -0.497 e. The molecule has 0 bridgehead atoms. The Balaban J connectivity index is 1.59. The van der Waals surface area contributed by atoms with Crippen molar-refractivity contribution >= 4 is 28.2 Å². The van der Waals surface area contributed by atoms with Gasteiger partial charge in [0.15, 0.2) is 5.11 Å². The molecular formula is C24H22FN3O3S. The molecule has 0 atom stereocenters. The van der Waals surface area contributed by atoms with Crippen LogP contribution in [0, 0.1) is 5.82 Å². The van der Waals surface area contributed by atoms with Crippen molar-refractivity contribution in [3.63, 3.8) is 0 Å². The van der Waals surface area contributed by atoms with Gasteiger partial charge in [-0.05, 0) is 65.6 Å². The standard InChI is InChI=1S/C24H22FN3O3S/c1-30-20-9-6-17-11-18(23(29)27-22(17)12-20)15-28(14-16-4-7-19(25)8-5-16)24(32)26-13-21-3-2-10-31-21/h2-12H,13-15H2,1H3,(H,26,32)(H,27,29). The van der Waals surface area contributed by atoms with Crippen LogP contribution in [0.25, 0.3) is 10.9 Å². The number of H-pyrrole nitrogens is 1. The lowest BCUT2D eigenvalue weighted by Crippen LogP contribution is -2.39. The van der Waals surface area contributed by atoms with Gasteiger partial charge in [-0.15, -0.1) is 0 Å². The van der Waals surface area contributed by atoms with E-state index in [9.17, 15) is 9.18 Å². The Morgan fingerprint density at radius 3 is 2.69 bits per heavy atom. The molecule has 6 nitrogen and oxygen atoms in total. The van der Waals surface area contributed by atoms with Crippen molar-refractivity contribution in [3.8, 4) is 5.75 Å². The minimum atomic E-state index is -0.305. The number of pyridine rings is 1. The van der Waals surface area contributed by atoms with Crippen LogP contribution in [0.5, 0.6) is 5.75 Å². The van der Waals surface area contributed by atoms with Crippen LogP contribution in [-0.4, -0.2) is 22.1 Å². The number of fused-ring (bicyclic) bond motifs is 1. The summed E-state index contributed by atoms with van der Waals surface area (Å²) in [4.78, 5) is 17.6. The fourth-order valence-electron chi connectivity index (χ4n) is 3.37. The zero-order chi connectivity index (χ0) is 22.5. The van der Waals surface area contributed by atoms with Gasteiger partial charge in [0, 0.05) is 18.2 Å². The van der Waals surface area contributed by atoms with Crippen LogP contribution in [0.15, 0.2) is 76.1 Å². The van der Waals surface area contributed by atoms with E-state index in [1.165, 1.54) is 12.1 Å². The number of aromatic amines is 1. The molecule has 4 rings (SSSR count). The normalized spacial score (nSPS) is 10.8. The Kier molecular flexibility index (Phi) is 6.51. The molecule has 0 spiro atoms. The van der Waals surface area contributed by atoms with Crippen molar-refractivity contribution in [1.82, 2.24) is 15.2 Å². The van der Waals surface area contributed by atoms with E-state index in [1.54, 1.807) is 37.6 Å². The number of hydrogen-bond donors (Lipinski definition) is 2. The molecule has 4 aromatic rings. The van der Waals surface area contributed by atoms with Crippen molar-refractivity contribution in [2.75, 3.05) is 7.11 Å². The second kappa shape index (κ2) is 9.65. The van der Waals surface area contributed by atoms with E-state index in [1.807, 2.05) is 29.2 Å². The summed E-state index contributed by atoms with van der Waals surface area (Å²) in [6, 6.07) is 17.2.